The third kappa shape index (κ3) is 2.73. The van der Waals surface area contributed by atoms with E-state index in [-0.39, 0.29) is 5.78 Å². The maximum atomic E-state index is 11.7. The predicted octanol–water partition coefficient (Wildman–Crippen LogP) is 2.22. The van der Waals surface area contributed by atoms with E-state index in [0.29, 0.717) is 18.5 Å². The van der Waals surface area contributed by atoms with E-state index >= 15 is 0 Å². The van der Waals surface area contributed by atoms with E-state index in [0.717, 1.165) is 11.1 Å². The van der Waals surface area contributed by atoms with Crippen LogP contribution in [0.4, 0.5) is 5.69 Å². The molecule has 0 fully saturated rings. The van der Waals surface area contributed by atoms with Crippen LogP contribution in [-0.2, 0) is 17.6 Å². The summed E-state index contributed by atoms with van der Waals surface area (Å²) >= 11 is 0. The molecular formula is C13H13NO2. The number of nitrogens with two attached hydrogens (primary N) is 1. The fraction of sp³-hybridized carbons (Fsp3) is 0.154. The van der Waals surface area contributed by atoms with Crippen LogP contribution in [0.1, 0.15) is 11.1 Å². The Hall–Kier alpha value is -2.03. The fourth-order valence-corrected chi connectivity index (χ4v) is 1.55. The van der Waals surface area contributed by atoms with Crippen LogP contribution < -0.4 is 5.73 Å². The van der Waals surface area contributed by atoms with Crippen LogP contribution in [-0.4, -0.2) is 5.78 Å². The number of carbonyl (C=O) groups excluding carboxylic acids is 1. The Labute approximate surface area is 93.9 Å². The standard InChI is InChI=1S/C13H13NO2/c14-12-3-1-10(2-4-12)7-13(15)8-11-5-6-16-9-11/h1-6,9H,7-8,14H2. The van der Waals surface area contributed by atoms with Gasteiger partial charge in [0.1, 0.15) is 5.78 Å². The summed E-state index contributed by atoms with van der Waals surface area (Å²) in [6.45, 7) is 0. The molecule has 2 aromatic rings. The molecule has 0 bridgehead atoms. The second-order valence-electron chi connectivity index (χ2n) is 3.77. The van der Waals surface area contributed by atoms with Crippen molar-refractivity contribution in [2.75, 3.05) is 5.73 Å². The minimum absolute atomic E-state index is 0.172. The van der Waals surface area contributed by atoms with Crippen LogP contribution in [0.3, 0.4) is 0 Å². The van der Waals surface area contributed by atoms with Gasteiger partial charge in [0, 0.05) is 18.5 Å². The van der Waals surface area contributed by atoms with Crippen molar-refractivity contribution in [2.45, 2.75) is 12.8 Å². The average molecular weight is 215 g/mol. The summed E-state index contributed by atoms with van der Waals surface area (Å²) in [6.07, 6.45) is 4.03. The number of hydrogen-bond acceptors (Lipinski definition) is 3. The molecule has 0 radical (unpaired) electrons. The zero-order valence-corrected chi connectivity index (χ0v) is 8.85. The zero-order chi connectivity index (χ0) is 11.4. The summed E-state index contributed by atoms with van der Waals surface area (Å²) < 4.78 is 4.91. The van der Waals surface area contributed by atoms with Gasteiger partial charge in [0.25, 0.3) is 0 Å². The van der Waals surface area contributed by atoms with Crippen molar-refractivity contribution < 1.29 is 9.21 Å². The number of anilines is 1. The lowest BCUT2D eigenvalue weighted by molar-refractivity contribution is -0.117. The van der Waals surface area contributed by atoms with Crippen LogP contribution >= 0.6 is 0 Å². The van der Waals surface area contributed by atoms with E-state index in [1.165, 1.54) is 0 Å². The largest absolute Gasteiger partial charge is 0.472 e. The molecule has 0 aliphatic heterocycles. The highest BCUT2D eigenvalue weighted by molar-refractivity contribution is 5.83. The first-order valence-corrected chi connectivity index (χ1v) is 5.11. The molecule has 0 saturated heterocycles. The summed E-state index contributed by atoms with van der Waals surface area (Å²) in [5, 5.41) is 0. The first-order valence-electron chi connectivity index (χ1n) is 5.11. The highest BCUT2D eigenvalue weighted by atomic mass is 16.3. The third-order valence-corrected chi connectivity index (χ3v) is 2.36. The highest BCUT2D eigenvalue weighted by Gasteiger charge is 2.05. The van der Waals surface area contributed by atoms with Crippen molar-refractivity contribution in [1.29, 1.82) is 0 Å². The molecule has 82 valence electrons. The van der Waals surface area contributed by atoms with Crippen LogP contribution in [0, 0.1) is 0 Å². The van der Waals surface area contributed by atoms with Gasteiger partial charge in [0.15, 0.2) is 0 Å². The summed E-state index contributed by atoms with van der Waals surface area (Å²) in [7, 11) is 0. The van der Waals surface area contributed by atoms with Gasteiger partial charge in [-0.05, 0) is 29.3 Å². The SMILES string of the molecule is Nc1ccc(CC(=O)Cc2ccoc2)cc1. The lowest BCUT2D eigenvalue weighted by Crippen LogP contribution is -2.05. The second kappa shape index (κ2) is 4.66. The summed E-state index contributed by atoms with van der Waals surface area (Å²) in [6, 6.07) is 9.17. The monoisotopic (exact) mass is 215 g/mol. The third-order valence-electron chi connectivity index (χ3n) is 2.36. The number of ketones is 1. The van der Waals surface area contributed by atoms with Crippen molar-refractivity contribution in [2.24, 2.45) is 0 Å². The average Bonchev–Trinajstić information content (AvgIpc) is 2.74. The molecule has 1 aromatic heterocycles. The van der Waals surface area contributed by atoms with Gasteiger partial charge in [-0.3, -0.25) is 4.79 Å². The van der Waals surface area contributed by atoms with Gasteiger partial charge in [-0.15, -0.1) is 0 Å². The molecule has 2 N–H and O–H groups in total. The predicted molar refractivity (Wildman–Crippen MR) is 62.0 cm³/mol. The topological polar surface area (TPSA) is 56.2 Å². The smallest absolute Gasteiger partial charge is 0.141 e. The molecule has 2 rings (SSSR count). The molecule has 16 heavy (non-hydrogen) atoms. The lowest BCUT2D eigenvalue weighted by Gasteiger charge is -2.00. The molecule has 0 saturated carbocycles. The molecule has 3 nitrogen and oxygen atoms in total. The quantitative estimate of drug-likeness (QED) is 0.795. The van der Waals surface area contributed by atoms with E-state index in [9.17, 15) is 4.79 Å². The van der Waals surface area contributed by atoms with E-state index < -0.39 is 0 Å². The maximum absolute atomic E-state index is 11.7. The summed E-state index contributed by atoms with van der Waals surface area (Å²) in [4.78, 5) is 11.7. The number of Topliss-reactive ketones (excluding diaryl/α,β-unsaturated/α-hetero) is 1. The summed E-state index contributed by atoms with van der Waals surface area (Å²) in [5.41, 5.74) is 8.19. The molecule has 1 heterocycles. The van der Waals surface area contributed by atoms with Crippen molar-refractivity contribution in [1.82, 2.24) is 0 Å². The number of carbonyl (C=O) groups is 1. The van der Waals surface area contributed by atoms with E-state index in [1.54, 1.807) is 30.7 Å². The number of rotatable bonds is 4. The van der Waals surface area contributed by atoms with E-state index in [2.05, 4.69) is 0 Å². The van der Waals surface area contributed by atoms with Gasteiger partial charge in [-0.25, -0.2) is 0 Å². The molecule has 1 aromatic carbocycles. The molecule has 3 heteroatoms. The lowest BCUT2D eigenvalue weighted by atomic mass is 10.0. The van der Waals surface area contributed by atoms with E-state index in [1.807, 2.05) is 12.1 Å². The Morgan fingerprint density at radius 2 is 1.75 bits per heavy atom. The van der Waals surface area contributed by atoms with Crippen molar-refractivity contribution in [3.05, 3.63) is 54.0 Å². The van der Waals surface area contributed by atoms with Gasteiger partial charge >= 0.3 is 0 Å². The Bertz CT molecular complexity index is 457. The first-order chi connectivity index (χ1) is 7.74. The maximum Gasteiger partial charge on any atom is 0.141 e. The van der Waals surface area contributed by atoms with Crippen LogP contribution in [0.25, 0.3) is 0 Å². The Morgan fingerprint density at radius 1 is 1.06 bits per heavy atom. The van der Waals surface area contributed by atoms with Gasteiger partial charge in [-0.1, -0.05) is 12.1 Å². The van der Waals surface area contributed by atoms with Gasteiger partial charge in [0.05, 0.1) is 12.5 Å². The Morgan fingerprint density at radius 3 is 2.38 bits per heavy atom. The first kappa shape index (κ1) is 10.5. The molecule has 0 unspecified atom stereocenters. The fourth-order valence-electron chi connectivity index (χ4n) is 1.55. The van der Waals surface area contributed by atoms with Crippen LogP contribution in [0.2, 0.25) is 0 Å². The van der Waals surface area contributed by atoms with Gasteiger partial charge < -0.3 is 10.2 Å². The van der Waals surface area contributed by atoms with Crippen LogP contribution in [0.15, 0.2) is 47.3 Å². The molecule has 0 aliphatic rings. The molecule has 0 atom stereocenters. The van der Waals surface area contributed by atoms with Gasteiger partial charge in [0.2, 0.25) is 0 Å². The van der Waals surface area contributed by atoms with Crippen molar-refractivity contribution >= 4 is 11.5 Å². The number of hydrogen-bond donors (Lipinski definition) is 1. The minimum Gasteiger partial charge on any atom is -0.472 e. The molecule has 0 aliphatic carbocycles. The number of nitrogen functional groups attached to an aromatic ring is 1. The molecular weight excluding hydrogens is 202 g/mol. The Balaban J connectivity index is 1.95. The second-order valence-corrected chi connectivity index (χ2v) is 3.77. The molecule has 0 spiro atoms. The zero-order valence-electron chi connectivity index (χ0n) is 8.85. The Kier molecular flexibility index (Phi) is 3.05. The van der Waals surface area contributed by atoms with Crippen molar-refractivity contribution in [3.8, 4) is 0 Å². The minimum atomic E-state index is 0.172. The van der Waals surface area contributed by atoms with Crippen molar-refractivity contribution in [3.63, 3.8) is 0 Å². The van der Waals surface area contributed by atoms with Crippen LogP contribution in [0.5, 0.6) is 0 Å². The normalized spacial score (nSPS) is 10.2. The number of benzene rings is 1. The highest BCUT2D eigenvalue weighted by Crippen LogP contribution is 2.08. The summed E-state index contributed by atoms with van der Waals surface area (Å²) in [5.74, 6) is 0.172. The molecule has 0 amide bonds. The van der Waals surface area contributed by atoms with E-state index in [4.69, 9.17) is 10.2 Å². The number of furan rings is 1. The van der Waals surface area contributed by atoms with Gasteiger partial charge in [-0.2, -0.15) is 0 Å².